The number of likely N-dealkylation sites (N-methyl/N-ethyl adjacent to an activating group) is 1. The molecule has 4 heteroatoms. The van der Waals surface area contributed by atoms with Crippen molar-refractivity contribution in [1.82, 2.24) is 10.2 Å². The van der Waals surface area contributed by atoms with Crippen molar-refractivity contribution in [3.63, 3.8) is 0 Å². The van der Waals surface area contributed by atoms with Gasteiger partial charge in [-0.15, -0.1) is 0 Å². The second-order valence-corrected chi connectivity index (χ2v) is 5.69. The molecule has 3 atom stereocenters. The van der Waals surface area contributed by atoms with Crippen LogP contribution in [0.4, 0.5) is 0 Å². The topological polar surface area (TPSA) is 33.7 Å². The molecule has 3 unspecified atom stereocenters. The molecule has 2 rings (SSSR count). The van der Waals surface area contributed by atoms with Crippen molar-refractivity contribution in [2.24, 2.45) is 0 Å². The Hall–Kier alpha value is -0.160. The minimum atomic E-state index is 0.425. The normalized spacial score (nSPS) is 30.2. The van der Waals surface area contributed by atoms with E-state index in [1.807, 2.05) is 0 Å². The number of nitrogens with one attached hydrogen (secondary N) is 1. The van der Waals surface area contributed by atoms with Gasteiger partial charge in [-0.05, 0) is 39.7 Å². The minimum absolute atomic E-state index is 0.425. The number of rotatable bonds is 7. The van der Waals surface area contributed by atoms with Crippen molar-refractivity contribution in [2.45, 2.75) is 50.9 Å². The molecule has 18 heavy (non-hydrogen) atoms. The average Bonchev–Trinajstić information content (AvgIpc) is 3.00. The van der Waals surface area contributed by atoms with E-state index in [9.17, 15) is 0 Å². The van der Waals surface area contributed by atoms with E-state index in [1.165, 1.54) is 25.7 Å². The summed E-state index contributed by atoms with van der Waals surface area (Å²) >= 11 is 0. The maximum atomic E-state index is 5.68. The summed E-state index contributed by atoms with van der Waals surface area (Å²) in [6, 6.07) is 0.476. The highest BCUT2D eigenvalue weighted by Gasteiger charge is 2.22. The summed E-state index contributed by atoms with van der Waals surface area (Å²) in [6.07, 6.45) is 5.77. The molecule has 2 heterocycles. The molecule has 2 aliphatic rings. The first-order valence-corrected chi connectivity index (χ1v) is 7.41. The Kier molecular flexibility index (Phi) is 5.89. The quantitative estimate of drug-likeness (QED) is 0.743. The van der Waals surface area contributed by atoms with Crippen molar-refractivity contribution < 1.29 is 9.47 Å². The highest BCUT2D eigenvalue weighted by atomic mass is 16.5. The molecule has 1 N–H and O–H groups in total. The zero-order chi connectivity index (χ0) is 12.8. The molecule has 0 aliphatic carbocycles. The van der Waals surface area contributed by atoms with Gasteiger partial charge in [0.25, 0.3) is 0 Å². The minimum Gasteiger partial charge on any atom is -0.377 e. The second kappa shape index (κ2) is 7.43. The fraction of sp³-hybridized carbons (Fsp3) is 1.00. The van der Waals surface area contributed by atoms with Crippen LogP contribution in [-0.4, -0.2) is 63.0 Å². The number of hydrogen-bond donors (Lipinski definition) is 1. The predicted molar refractivity (Wildman–Crippen MR) is 72.9 cm³/mol. The summed E-state index contributed by atoms with van der Waals surface area (Å²) in [6.45, 7) is 7.30. The van der Waals surface area contributed by atoms with Crippen LogP contribution in [0.3, 0.4) is 0 Å². The van der Waals surface area contributed by atoms with Crippen molar-refractivity contribution in [3.05, 3.63) is 0 Å². The number of ether oxygens (including phenoxy) is 2. The Morgan fingerprint density at radius 3 is 2.67 bits per heavy atom. The van der Waals surface area contributed by atoms with Crippen molar-refractivity contribution in [3.8, 4) is 0 Å². The third-order valence-corrected chi connectivity index (χ3v) is 4.02. The molecule has 0 aromatic heterocycles. The highest BCUT2D eigenvalue weighted by molar-refractivity contribution is 4.77. The zero-order valence-electron chi connectivity index (χ0n) is 11.9. The van der Waals surface area contributed by atoms with Crippen LogP contribution >= 0.6 is 0 Å². The smallest absolute Gasteiger partial charge is 0.0726 e. The first kappa shape index (κ1) is 14.3. The van der Waals surface area contributed by atoms with E-state index in [4.69, 9.17) is 9.47 Å². The summed E-state index contributed by atoms with van der Waals surface area (Å²) in [4.78, 5) is 2.37. The summed E-state index contributed by atoms with van der Waals surface area (Å²) < 4.78 is 11.3. The van der Waals surface area contributed by atoms with Gasteiger partial charge >= 0.3 is 0 Å². The van der Waals surface area contributed by atoms with Crippen molar-refractivity contribution in [2.75, 3.05) is 39.9 Å². The maximum Gasteiger partial charge on any atom is 0.0726 e. The van der Waals surface area contributed by atoms with Crippen LogP contribution in [0.1, 0.15) is 32.6 Å². The standard InChI is InChI=1S/C14H28N2O2/c1-12(14-6-4-10-18-14)15-7-8-16(2)11-13-5-3-9-17-13/h12-15H,3-11H2,1-2H3. The van der Waals surface area contributed by atoms with Crippen molar-refractivity contribution in [1.29, 1.82) is 0 Å². The van der Waals surface area contributed by atoms with Crippen LogP contribution in [-0.2, 0) is 9.47 Å². The van der Waals surface area contributed by atoms with E-state index in [-0.39, 0.29) is 0 Å². The summed E-state index contributed by atoms with van der Waals surface area (Å²) in [7, 11) is 2.18. The van der Waals surface area contributed by atoms with E-state index in [0.29, 0.717) is 18.2 Å². The second-order valence-electron chi connectivity index (χ2n) is 5.69. The van der Waals surface area contributed by atoms with Crippen LogP contribution in [0.15, 0.2) is 0 Å². The monoisotopic (exact) mass is 256 g/mol. The molecule has 106 valence electrons. The molecule has 0 bridgehead atoms. The van der Waals surface area contributed by atoms with E-state index in [2.05, 4.69) is 24.2 Å². The van der Waals surface area contributed by atoms with Crippen LogP contribution in [0.5, 0.6) is 0 Å². The molecular formula is C14H28N2O2. The van der Waals surface area contributed by atoms with Gasteiger partial charge in [0.05, 0.1) is 12.2 Å². The summed E-state index contributed by atoms with van der Waals surface area (Å²) in [5.74, 6) is 0. The molecular weight excluding hydrogens is 228 g/mol. The lowest BCUT2D eigenvalue weighted by molar-refractivity contribution is 0.0747. The van der Waals surface area contributed by atoms with E-state index >= 15 is 0 Å². The number of hydrogen-bond acceptors (Lipinski definition) is 4. The first-order valence-electron chi connectivity index (χ1n) is 7.41. The fourth-order valence-corrected chi connectivity index (χ4v) is 2.84. The lowest BCUT2D eigenvalue weighted by Gasteiger charge is -2.24. The largest absolute Gasteiger partial charge is 0.377 e. The fourth-order valence-electron chi connectivity index (χ4n) is 2.84. The summed E-state index contributed by atoms with van der Waals surface area (Å²) in [5, 5.41) is 3.57. The van der Waals surface area contributed by atoms with Crippen LogP contribution in [0.25, 0.3) is 0 Å². The molecule has 0 amide bonds. The summed E-state index contributed by atoms with van der Waals surface area (Å²) in [5.41, 5.74) is 0. The van der Waals surface area contributed by atoms with Gasteiger partial charge in [0.15, 0.2) is 0 Å². The van der Waals surface area contributed by atoms with Gasteiger partial charge in [-0.1, -0.05) is 0 Å². The van der Waals surface area contributed by atoms with Gasteiger partial charge < -0.3 is 19.7 Å². The molecule has 2 aliphatic heterocycles. The van der Waals surface area contributed by atoms with Gasteiger partial charge in [0.2, 0.25) is 0 Å². The molecule has 0 saturated carbocycles. The highest BCUT2D eigenvalue weighted by Crippen LogP contribution is 2.15. The molecule has 0 aromatic carbocycles. The average molecular weight is 256 g/mol. The van der Waals surface area contributed by atoms with E-state index in [0.717, 1.165) is 32.8 Å². The molecule has 4 nitrogen and oxygen atoms in total. The van der Waals surface area contributed by atoms with Gasteiger partial charge in [-0.25, -0.2) is 0 Å². The van der Waals surface area contributed by atoms with Crippen LogP contribution < -0.4 is 5.32 Å². The maximum absolute atomic E-state index is 5.68. The molecule has 2 fully saturated rings. The van der Waals surface area contributed by atoms with E-state index in [1.54, 1.807) is 0 Å². The molecule has 0 radical (unpaired) electrons. The van der Waals surface area contributed by atoms with E-state index < -0.39 is 0 Å². The Morgan fingerprint density at radius 1 is 1.22 bits per heavy atom. The predicted octanol–water partition coefficient (Wildman–Crippen LogP) is 1.25. The van der Waals surface area contributed by atoms with Gasteiger partial charge in [0.1, 0.15) is 0 Å². The molecule has 0 spiro atoms. The van der Waals surface area contributed by atoms with Gasteiger partial charge in [-0.3, -0.25) is 0 Å². The lowest BCUT2D eigenvalue weighted by atomic mass is 10.1. The van der Waals surface area contributed by atoms with Gasteiger partial charge in [-0.2, -0.15) is 0 Å². The van der Waals surface area contributed by atoms with Crippen molar-refractivity contribution >= 4 is 0 Å². The Morgan fingerprint density at radius 2 is 2.00 bits per heavy atom. The molecule has 2 saturated heterocycles. The van der Waals surface area contributed by atoms with Crippen LogP contribution in [0.2, 0.25) is 0 Å². The Bertz CT molecular complexity index is 226. The zero-order valence-corrected chi connectivity index (χ0v) is 11.9. The third-order valence-electron chi connectivity index (χ3n) is 4.02. The SMILES string of the molecule is CC(NCCN(C)CC1CCCO1)C1CCCO1. The molecule has 0 aromatic rings. The van der Waals surface area contributed by atoms with Crippen LogP contribution in [0, 0.1) is 0 Å². The third kappa shape index (κ3) is 4.50. The van der Waals surface area contributed by atoms with Gasteiger partial charge in [0, 0.05) is 38.9 Å². The Balaban J connectivity index is 1.53. The lowest BCUT2D eigenvalue weighted by Crippen LogP contribution is -2.41. The first-order chi connectivity index (χ1) is 8.75. The number of nitrogens with zero attached hydrogens (tertiary/aromatic N) is 1. The Labute approximate surface area is 111 Å².